The second-order valence-corrected chi connectivity index (χ2v) is 7.40. The lowest BCUT2D eigenvalue weighted by Crippen LogP contribution is -2.14. The number of nitrogens with one attached hydrogen (secondary N) is 2. The number of sulfonamides is 1. The second kappa shape index (κ2) is 6.22. The van der Waals surface area contributed by atoms with E-state index in [1.807, 2.05) is 0 Å². The van der Waals surface area contributed by atoms with E-state index in [0.717, 1.165) is 5.56 Å². The monoisotopic (exact) mass is 350 g/mol. The Balaban J connectivity index is 1.93. The number of aryl methyl sites for hydroxylation is 1. The fourth-order valence-corrected chi connectivity index (χ4v) is 3.83. The third-order valence-corrected chi connectivity index (χ3v) is 5.32. The van der Waals surface area contributed by atoms with E-state index in [2.05, 4.69) is 10.0 Å². The predicted octanol–water partition coefficient (Wildman–Crippen LogP) is 3.42. The van der Waals surface area contributed by atoms with Crippen LogP contribution in [0, 0.1) is 0 Å². The number of amides is 1. The summed E-state index contributed by atoms with van der Waals surface area (Å²) in [7, 11) is -3.74. The molecule has 3 rings (SSSR count). The Morgan fingerprint density at radius 3 is 2.65 bits per heavy atom. The van der Waals surface area contributed by atoms with Crippen molar-refractivity contribution in [2.24, 2.45) is 0 Å². The molecule has 1 aliphatic rings. The molecule has 0 radical (unpaired) electrons. The van der Waals surface area contributed by atoms with E-state index in [4.69, 9.17) is 11.6 Å². The fourth-order valence-electron chi connectivity index (χ4n) is 2.47. The maximum absolute atomic E-state index is 12.5. The molecule has 0 bridgehead atoms. The zero-order chi connectivity index (χ0) is 16.4. The minimum absolute atomic E-state index is 0.0476. The van der Waals surface area contributed by atoms with E-state index >= 15 is 0 Å². The van der Waals surface area contributed by atoms with Crippen LogP contribution < -0.4 is 10.0 Å². The first-order valence-electron chi connectivity index (χ1n) is 7.16. The number of carbonyl (C=O) groups excluding carboxylic acids is 1. The van der Waals surface area contributed by atoms with Gasteiger partial charge in [0.1, 0.15) is 0 Å². The Hall–Kier alpha value is -2.05. The van der Waals surface area contributed by atoms with Gasteiger partial charge in [0, 0.05) is 12.1 Å². The molecular formula is C16H15ClN2O3S. The van der Waals surface area contributed by atoms with Gasteiger partial charge in [-0.25, -0.2) is 8.42 Å². The van der Waals surface area contributed by atoms with Crippen LogP contribution in [0.3, 0.4) is 0 Å². The maximum atomic E-state index is 12.5. The number of fused-ring (bicyclic) bond motifs is 1. The van der Waals surface area contributed by atoms with Crippen LogP contribution in [-0.2, 0) is 21.2 Å². The zero-order valence-corrected chi connectivity index (χ0v) is 13.7. The van der Waals surface area contributed by atoms with Gasteiger partial charge in [0.25, 0.3) is 10.0 Å². The lowest BCUT2D eigenvalue weighted by molar-refractivity contribution is -0.116. The van der Waals surface area contributed by atoms with Crippen LogP contribution in [0.2, 0.25) is 5.02 Å². The van der Waals surface area contributed by atoms with Crippen molar-refractivity contribution in [3.05, 3.63) is 53.1 Å². The Kier molecular flexibility index (Phi) is 4.28. The van der Waals surface area contributed by atoms with Gasteiger partial charge in [-0.3, -0.25) is 9.52 Å². The summed E-state index contributed by atoms with van der Waals surface area (Å²) in [5, 5.41) is 3.12. The van der Waals surface area contributed by atoms with E-state index in [1.165, 1.54) is 6.07 Å². The van der Waals surface area contributed by atoms with Crippen molar-refractivity contribution < 1.29 is 13.2 Å². The highest BCUT2D eigenvalue weighted by molar-refractivity contribution is 7.92. The molecule has 120 valence electrons. The van der Waals surface area contributed by atoms with E-state index in [1.54, 1.807) is 36.4 Å². The van der Waals surface area contributed by atoms with Crippen LogP contribution in [-0.4, -0.2) is 14.3 Å². The molecule has 0 saturated heterocycles. The molecule has 0 unspecified atom stereocenters. The molecule has 0 fully saturated rings. The highest BCUT2D eigenvalue weighted by Gasteiger charge is 2.19. The summed E-state index contributed by atoms with van der Waals surface area (Å²) in [5.41, 5.74) is 1.82. The number of hydrogen-bond acceptors (Lipinski definition) is 3. The van der Waals surface area contributed by atoms with E-state index in [-0.39, 0.29) is 10.8 Å². The Morgan fingerprint density at radius 1 is 1.09 bits per heavy atom. The molecule has 2 aromatic rings. The van der Waals surface area contributed by atoms with Crippen LogP contribution in [0.5, 0.6) is 0 Å². The molecular weight excluding hydrogens is 336 g/mol. The minimum Gasteiger partial charge on any atom is -0.326 e. The average Bonchev–Trinajstić information content (AvgIpc) is 2.69. The van der Waals surface area contributed by atoms with Gasteiger partial charge < -0.3 is 5.32 Å². The van der Waals surface area contributed by atoms with Gasteiger partial charge >= 0.3 is 0 Å². The van der Waals surface area contributed by atoms with E-state index < -0.39 is 10.0 Å². The van der Waals surface area contributed by atoms with E-state index in [9.17, 15) is 13.2 Å². The molecule has 1 amide bonds. The van der Waals surface area contributed by atoms with E-state index in [0.29, 0.717) is 35.7 Å². The highest BCUT2D eigenvalue weighted by Crippen LogP contribution is 2.28. The van der Waals surface area contributed by atoms with Crippen molar-refractivity contribution in [2.75, 3.05) is 10.0 Å². The Labute approximate surface area is 139 Å². The first kappa shape index (κ1) is 15.8. The highest BCUT2D eigenvalue weighted by atomic mass is 35.5. The standard InChI is InChI=1S/C16H15ClN2O3S/c17-13-5-1-2-6-15(13)19-23(21,22)12-8-9-14-11(10-12)4-3-7-16(20)18-14/h1-2,5-6,8-10,19H,3-4,7H2,(H,18,20). The molecule has 1 heterocycles. The molecule has 0 spiro atoms. The number of halogens is 1. The summed E-state index contributed by atoms with van der Waals surface area (Å²) >= 11 is 6.00. The number of benzene rings is 2. The minimum atomic E-state index is -3.74. The number of rotatable bonds is 3. The summed E-state index contributed by atoms with van der Waals surface area (Å²) in [6, 6.07) is 11.3. The van der Waals surface area contributed by atoms with Crippen molar-refractivity contribution in [3.63, 3.8) is 0 Å². The van der Waals surface area contributed by atoms with Crippen LogP contribution >= 0.6 is 11.6 Å². The molecule has 5 nitrogen and oxygen atoms in total. The number of anilines is 2. The first-order chi connectivity index (χ1) is 11.0. The van der Waals surface area contributed by atoms with Crippen molar-refractivity contribution in [1.29, 1.82) is 0 Å². The van der Waals surface area contributed by atoms with Crippen molar-refractivity contribution >= 4 is 38.9 Å². The summed E-state index contributed by atoms with van der Waals surface area (Å²) in [4.78, 5) is 11.7. The number of para-hydroxylation sites is 1. The smallest absolute Gasteiger partial charge is 0.261 e. The second-order valence-electron chi connectivity index (χ2n) is 5.31. The largest absolute Gasteiger partial charge is 0.326 e. The van der Waals surface area contributed by atoms with Gasteiger partial charge in [0.15, 0.2) is 0 Å². The SMILES string of the molecule is O=C1CCCc2cc(S(=O)(=O)Nc3ccccc3Cl)ccc2N1. The molecule has 0 atom stereocenters. The molecule has 1 aliphatic heterocycles. The summed E-state index contributed by atoms with van der Waals surface area (Å²) in [5.74, 6) is -0.0476. The summed E-state index contributed by atoms with van der Waals surface area (Å²) in [6.07, 6.45) is 1.79. The third-order valence-electron chi connectivity index (χ3n) is 3.63. The molecule has 2 aromatic carbocycles. The molecule has 23 heavy (non-hydrogen) atoms. The summed E-state index contributed by atoms with van der Waals surface area (Å²) < 4.78 is 27.6. The molecule has 0 aromatic heterocycles. The lowest BCUT2D eigenvalue weighted by Gasteiger charge is -2.12. The maximum Gasteiger partial charge on any atom is 0.261 e. The van der Waals surface area contributed by atoms with Crippen LogP contribution in [0.4, 0.5) is 11.4 Å². The molecule has 2 N–H and O–H groups in total. The fraction of sp³-hybridized carbons (Fsp3) is 0.188. The van der Waals surface area contributed by atoms with Gasteiger partial charge in [-0.2, -0.15) is 0 Å². The zero-order valence-electron chi connectivity index (χ0n) is 12.2. The lowest BCUT2D eigenvalue weighted by atomic mass is 10.1. The Morgan fingerprint density at radius 2 is 1.87 bits per heavy atom. The average molecular weight is 351 g/mol. The van der Waals surface area contributed by atoms with Crippen LogP contribution in [0.1, 0.15) is 18.4 Å². The first-order valence-corrected chi connectivity index (χ1v) is 9.02. The van der Waals surface area contributed by atoms with Crippen molar-refractivity contribution in [3.8, 4) is 0 Å². The summed E-state index contributed by atoms with van der Waals surface area (Å²) in [6.45, 7) is 0. The van der Waals surface area contributed by atoms with Gasteiger partial charge in [-0.1, -0.05) is 23.7 Å². The van der Waals surface area contributed by atoms with Crippen molar-refractivity contribution in [2.45, 2.75) is 24.2 Å². The van der Waals surface area contributed by atoms with Crippen molar-refractivity contribution in [1.82, 2.24) is 0 Å². The molecule has 0 aliphatic carbocycles. The Bertz CT molecular complexity index is 865. The normalized spacial score (nSPS) is 14.6. The van der Waals surface area contributed by atoms with Crippen LogP contribution in [0.25, 0.3) is 0 Å². The molecule has 0 saturated carbocycles. The number of carbonyl (C=O) groups is 1. The predicted molar refractivity (Wildman–Crippen MR) is 90.3 cm³/mol. The quantitative estimate of drug-likeness (QED) is 0.890. The van der Waals surface area contributed by atoms with Crippen LogP contribution in [0.15, 0.2) is 47.4 Å². The topological polar surface area (TPSA) is 75.3 Å². The van der Waals surface area contributed by atoms with Gasteiger partial charge in [-0.15, -0.1) is 0 Å². The molecule has 7 heteroatoms. The van der Waals surface area contributed by atoms with Gasteiger partial charge in [-0.05, 0) is 48.7 Å². The van der Waals surface area contributed by atoms with Gasteiger partial charge in [0.2, 0.25) is 5.91 Å². The number of hydrogen-bond donors (Lipinski definition) is 2. The third kappa shape index (κ3) is 3.48. The van der Waals surface area contributed by atoms with Gasteiger partial charge in [0.05, 0.1) is 15.6 Å².